The Kier molecular flexibility index (Phi) is 3.47. The van der Waals surface area contributed by atoms with Gasteiger partial charge in [0.15, 0.2) is 5.82 Å². The first-order chi connectivity index (χ1) is 9.06. The van der Waals surface area contributed by atoms with Gasteiger partial charge in [-0.15, -0.1) is 0 Å². The molecule has 1 saturated carbocycles. The van der Waals surface area contributed by atoms with E-state index in [2.05, 4.69) is 32.6 Å². The van der Waals surface area contributed by atoms with Crippen molar-refractivity contribution in [1.29, 1.82) is 0 Å². The summed E-state index contributed by atoms with van der Waals surface area (Å²) in [5.41, 5.74) is 2.65. The molecule has 1 fully saturated rings. The molecule has 1 aliphatic carbocycles. The summed E-state index contributed by atoms with van der Waals surface area (Å²) in [6, 6.07) is 4.64. The van der Waals surface area contributed by atoms with Crippen molar-refractivity contribution < 1.29 is 4.39 Å². The lowest BCUT2D eigenvalue weighted by atomic mass is 10.1. The highest BCUT2D eigenvalue weighted by Crippen LogP contribution is 2.42. The molecule has 0 spiro atoms. The minimum atomic E-state index is -0.285. The maximum atomic E-state index is 13.4. The second kappa shape index (κ2) is 4.98. The van der Waals surface area contributed by atoms with Gasteiger partial charge in [0, 0.05) is 11.5 Å². The van der Waals surface area contributed by atoms with Crippen LogP contribution in [0.15, 0.2) is 18.2 Å². The van der Waals surface area contributed by atoms with Crippen molar-refractivity contribution in [1.82, 2.24) is 9.97 Å². The van der Waals surface area contributed by atoms with E-state index in [4.69, 9.17) is 11.6 Å². The van der Waals surface area contributed by atoms with Gasteiger partial charge >= 0.3 is 0 Å². The first-order valence-electron chi connectivity index (χ1n) is 6.05. The summed E-state index contributed by atoms with van der Waals surface area (Å²) in [5, 5.41) is 0.455. The number of hydrogen-bond donors (Lipinski definition) is 0. The molecule has 2 aromatic rings. The van der Waals surface area contributed by atoms with E-state index in [9.17, 15) is 4.39 Å². The Bertz CT molecular complexity index is 656. The van der Waals surface area contributed by atoms with Crippen LogP contribution in [0, 0.1) is 16.3 Å². The lowest BCUT2D eigenvalue weighted by molar-refractivity contribution is 0.627. The third-order valence-electron chi connectivity index (χ3n) is 3.24. The lowest BCUT2D eigenvalue weighted by Crippen LogP contribution is -2.00. The number of nitrogens with zero attached hydrogens (tertiary/aromatic N) is 2. The van der Waals surface area contributed by atoms with Crippen molar-refractivity contribution in [3.05, 3.63) is 44.0 Å². The summed E-state index contributed by atoms with van der Waals surface area (Å²) in [6.07, 6.45) is 2.29. The topological polar surface area (TPSA) is 25.8 Å². The molecule has 0 aliphatic heterocycles. The molecule has 0 saturated heterocycles. The summed E-state index contributed by atoms with van der Waals surface area (Å²) in [6.45, 7) is 1.92. The van der Waals surface area contributed by atoms with E-state index in [-0.39, 0.29) is 5.82 Å². The number of benzene rings is 1. The Labute approximate surface area is 129 Å². The van der Waals surface area contributed by atoms with Gasteiger partial charge in [0.1, 0.15) is 11.0 Å². The fraction of sp³-hybridized carbons (Fsp3) is 0.286. The molecule has 0 atom stereocenters. The Morgan fingerprint density at radius 2 is 2.05 bits per heavy atom. The van der Waals surface area contributed by atoms with Crippen LogP contribution in [-0.2, 0) is 0 Å². The van der Waals surface area contributed by atoms with E-state index < -0.39 is 0 Å². The SMILES string of the molecule is Cc1ccc(F)cc1-c1nc(Cl)c(I)c(C2CC2)n1. The van der Waals surface area contributed by atoms with Crippen LogP contribution in [0.5, 0.6) is 0 Å². The molecule has 1 aromatic carbocycles. The van der Waals surface area contributed by atoms with E-state index in [0.29, 0.717) is 22.5 Å². The van der Waals surface area contributed by atoms with Crippen molar-refractivity contribution in [2.75, 3.05) is 0 Å². The fourth-order valence-electron chi connectivity index (χ4n) is 2.02. The average Bonchev–Trinajstić information content (AvgIpc) is 3.20. The monoisotopic (exact) mass is 388 g/mol. The van der Waals surface area contributed by atoms with Crippen molar-refractivity contribution in [2.45, 2.75) is 25.7 Å². The van der Waals surface area contributed by atoms with Gasteiger partial charge in [0.05, 0.1) is 9.26 Å². The molecule has 98 valence electrons. The third-order valence-corrected chi connectivity index (χ3v) is 4.90. The van der Waals surface area contributed by atoms with E-state index in [1.54, 1.807) is 6.07 Å². The van der Waals surface area contributed by atoms with Gasteiger partial charge in [0.25, 0.3) is 0 Å². The van der Waals surface area contributed by atoms with Gasteiger partial charge in [0.2, 0.25) is 0 Å². The highest BCUT2D eigenvalue weighted by atomic mass is 127. The second-order valence-corrected chi connectivity index (χ2v) is 6.21. The molecule has 0 unspecified atom stereocenters. The highest BCUT2D eigenvalue weighted by Gasteiger charge is 2.29. The Hall–Kier alpha value is -0.750. The molecule has 1 aliphatic rings. The number of halogens is 3. The van der Waals surface area contributed by atoms with Crippen molar-refractivity contribution in [3.8, 4) is 11.4 Å². The molecule has 0 amide bonds. The zero-order chi connectivity index (χ0) is 13.6. The van der Waals surface area contributed by atoms with E-state index in [1.807, 2.05) is 6.92 Å². The molecule has 1 aromatic heterocycles. The molecule has 5 heteroatoms. The van der Waals surface area contributed by atoms with Gasteiger partial charge in [-0.1, -0.05) is 17.7 Å². The predicted molar refractivity (Wildman–Crippen MR) is 81.9 cm³/mol. The lowest BCUT2D eigenvalue weighted by Gasteiger charge is -2.09. The van der Waals surface area contributed by atoms with E-state index in [1.165, 1.54) is 12.1 Å². The van der Waals surface area contributed by atoms with Gasteiger partial charge < -0.3 is 0 Å². The molecule has 1 heterocycles. The fourth-order valence-corrected chi connectivity index (χ4v) is 2.88. The summed E-state index contributed by atoms with van der Waals surface area (Å²) in [5.74, 6) is 0.719. The quantitative estimate of drug-likeness (QED) is 0.549. The molecule has 0 N–H and O–H groups in total. The Balaban J connectivity index is 2.17. The zero-order valence-electron chi connectivity index (χ0n) is 10.3. The van der Waals surface area contributed by atoms with Crippen LogP contribution in [0.3, 0.4) is 0 Å². The molecular formula is C14H11ClFIN2. The maximum Gasteiger partial charge on any atom is 0.161 e. The predicted octanol–water partition coefficient (Wildman–Crippen LogP) is 4.73. The van der Waals surface area contributed by atoms with Crippen LogP contribution >= 0.6 is 34.2 Å². The largest absolute Gasteiger partial charge is 0.232 e. The standard InChI is InChI=1S/C14H11ClFIN2/c1-7-2-5-9(16)6-10(7)14-18-12(8-3-4-8)11(17)13(15)19-14/h2,5-6,8H,3-4H2,1H3. The van der Waals surface area contributed by atoms with Crippen LogP contribution < -0.4 is 0 Å². The van der Waals surface area contributed by atoms with Crippen molar-refractivity contribution in [3.63, 3.8) is 0 Å². The van der Waals surface area contributed by atoms with Crippen molar-refractivity contribution in [2.24, 2.45) is 0 Å². The number of aromatic nitrogens is 2. The molecule has 19 heavy (non-hydrogen) atoms. The average molecular weight is 389 g/mol. The maximum absolute atomic E-state index is 13.4. The molecular weight excluding hydrogens is 378 g/mol. The smallest absolute Gasteiger partial charge is 0.161 e. The molecule has 2 nitrogen and oxygen atoms in total. The zero-order valence-corrected chi connectivity index (χ0v) is 13.2. The summed E-state index contributed by atoms with van der Waals surface area (Å²) >= 11 is 8.36. The second-order valence-electron chi connectivity index (χ2n) is 4.77. The normalized spacial score (nSPS) is 14.7. The first kappa shape index (κ1) is 13.2. The van der Waals surface area contributed by atoms with Crippen molar-refractivity contribution >= 4 is 34.2 Å². The summed E-state index contributed by atoms with van der Waals surface area (Å²) < 4.78 is 14.3. The minimum absolute atomic E-state index is 0.285. The van der Waals surface area contributed by atoms with Crippen LogP contribution in [0.1, 0.15) is 30.0 Å². The van der Waals surface area contributed by atoms with E-state index in [0.717, 1.165) is 27.7 Å². The Morgan fingerprint density at radius 3 is 2.74 bits per heavy atom. The third kappa shape index (κ3) is 2.60. The first-order valence-corrected chi connectivity index (χ1v) is 7.51. The molecule has 0 bridgehead atoms. The Morgan fingerprint density at radius 1 is 1.32 bits per heavy atom. The van der Waals surface area contributed by atoms with Crippen LogP contribution in [0.4, 0.5) is 4.39 Å². The van der Waals surface area contributed by atoms with Crippen LogP contribution in [0.25, 0.3) is 11.4 Å². The number of hydrogen-bond acceptors (Lipinski definition) is 2. The summed E-state index contributed by atoms with van der Waals surface area (Å²) in [7, 11) is 0. The number of aryl methyl sites for hydroxylation is 1. The van der Waals surface area contributed by atoms with Gasteiger partial charge in [-0.2, -0.15) is 0 Å². The van der Waals surface area contributed by atoms with Crippen LogP contribution in [-0.4, -0.2) is 9.97 Å². The minimum Gasteiger partial charge on any atom is -0.232 e. The van der Waals surface area contributed by atoms with E-state index >= 15 is 0 Å². The molecule has 0 radical (unpaired) electrons. The molecule has 3 rings (SSSR count). The van der Waals surface area contributed by atoms with Crippen LogP contribution in [0.2, 0.25) is 5.15 Å². The summed E-state index contributed by atoms with van der Waals surface area (Å²) in [4.78, 5) is 8.89. The van der Waals surface area contributed by atoms with Gasteiger partial charge in [-0.05, 0) is 60.1 Å². The number of rotatable bonds is 2. The van der Waals surface area contributed by atoms with Gasteiger partial charge in [-0.3, -0.25) is 0 Å². The van der Waals surface area contributed by atoms with Gasteiger partial charge in [-0.25, -0.2) is 14.4 Å². The highest BCUT2D eigenvalue weighted by molar-refractivity contribution is 14.1.